The van der Waals surface area contributed by atoms with Crippen LogP contribution in [-0.4, -0.2) is 40.0 Å². The number of ether oxygens (including phenoxy) is 1. The minimum atomic E-state index is -1.74. The van der Waals surface area contributed by atoms with E-state index in [2.05, 4.69) is 10.3 Å². The second-order valence-corrected chi connectivity index (χ2v) is 11.2. The van der Waals surface area contributed by atoms with E-state index in [4.69, 9.17) is 16.3 Å². The number of anilines is 1. The van der Waals surface area contributed by atoms with Crippen LogP contribution >= 0.6 is 11.6 Å². The number of carboxylic acid groups (broad SMARTS) is 1. The molecule has 4 atom stereocenters. The number of aromatic nitrogens is 1. The number of rotatable bonds is 8. The Morgan fingerprint density at radius 1 is 1.07 bits per heavy atom. The SMILES string of the molecule is CCCOc1ccc(C2NC(Cc3c[nH]c4ccccc34)(C(=O)O)C3C(=O)N(c4ccc(C)c(Cl)c4)C(=O)C23)cc1. The highest BCUT2D eigenvalue weighted by molar-refractivity contribution is 6.32. The van der Waals surface area contributed by atoms with Gasteiger partial charge in [0.25, 0.3) is 0 Å². The first-order valence-corrected chi connectivity index (χ1v) is 14.1. The summed E-state index contributed by atoms with van der Waals surface area (Å²) in [6.45, 7) is 4.42. The van der Waals surface area contributed by atoms with Crippen molar-refractivity contribution >= 4 is 46.0 Å². The molecule has 210 valence electrons. The van der Waals surface area contributed by atoms with Gasteiger partial charge in [0.1, 0.15) is 11.3 Å². The minimum absolute atomic E-state index is 0.00320. The molecule has 9 heteroatoms. The van der Waals surface area contributed by atoms with Crippen molar-refractivity contribution in [2.24, 2.45) is 11.8 Å². The molecule has 2 aliphatic heterocycles. The third kappa shape index (κ3) is 4.38. The maximum atomic E-state index is 14.2. The Hall–Kier alpha value is -4.14. The number of nitrogens with zero attached hydrogens (tertiary/aromatic N) is 1. The number of hydrogen-bond donors (Lipinski definition) is 3. The minimum Gasteiger partial charge on any atom is -0.494 e. The molecule has 2 fully saturated rings. The van der Waals surface area contributed by atoms with Gasteiger partial charge in [0.2, 0.25) is 11.8 Å². The van der Waals surface area contributed by atoms with E-state index >= 15 is 0 Å². The zero-order valence-electron chi connectivity index (χ0n) is 22.7. The Labute approximate surface area is 242 Å². The molecule has 4 aromatic rings. The van der Waals surface area contributed by atoms with Gasteiger partial charge in [-0.1, -0.05) is 54.9 Å². The number of benzene rings is 3. The summed E-state index contributed by atoms with van der Waals surface area (Å²) in [4.78, 5) is 45.9. The summed E-state index contributed by atoms with van der Waals surface area (Å²) in [6, 6.07) is 19.1. The van der Waals surface area contributed by atoms with Crippen LogP contribution in [0.5, 0.6) is 5.75 Å². The van der Waals surface area contributed by atoms with Gasteiger partial charge in [-0.25, -0.2) is 4.90 Å². The van der Waals surface area contributed by atoms with Crippen LogP contribution in [0.4, 0.5) is 5.69 Å². The molecule has 3 heterocycles. The van der Waals surface area contributed by atoms with E-state index in [9.17, 15) is 19.5 Å². The number of halogens is 1. The summed E-state index contributed by atoms with van der Waals surface area (Å²) in [7, 11) is 0. The van der Waals surface area contributed by atoms with E-state index in [1.165, 1.54) is 0 Å². The first-order valence-electron chi connectivity index (χ1n) is 13.7. The fraction of sp³-hybridized carbons (Fsp3) is 0.281. The van der Waals surface area contributed by atoms with Gasteiger partial charge < -0.3 is 14.8 Å². The quantitative estimate of drug-likeness (QED) is 0.243. The third-order valence-electron chi connectivity index (χ3n) is 8.31. The number of imide groups is 1. The molecule has 2 saturated heterocycles. The molecule has 0 aliphatic carbocycles. The number of nitrogens with one attached hydrogen (secondary N) is 2. The molecule has 4 unspecified atom stereocenters. The summed E-state index contributed by atoms with van der Waals surface area (Å²) in [5.41, 5.74) is 1.71. The molecule has 0 saturated carbocycles. The van der Waals surface area contributed by atoms with Gasteiger partial charge in [-0.15, -0.1) is 0 Å². The number of hydrogen-bond acceptors (Lipinski definition) is 5. The average molecular weight is 572 g/mol. The molecule has 3 aromatic carbocycles. The van der Waals surface area contributed by atoms with E-state index in [0.29, 0.717) is 28.6 Å². The lowest BCUT2D eigenvalue weighted by molar-refractivity contribution is -0.148. The normalized spacial score (nSPS) is 23.8. The van der Waals surface area contributed by atoms with Crippen LogP contribution < -0.4 is 15.0 Å². The fourth-order valence-corrected chi connectivity index (χ4v) is 6.44. The molecule has 41 heavy (non-hydrogen) atoms. The number of aliphatic carboxylic acids is 1. The van der Waals surface area contributed by atoms with Crippen LogP contribution in [0, 0.1) is 18.8 Å². The predicted molar refractivity (Wildman–Crippen MR) is 156 cm³/mol. The molecule has 0 spiro atoms. The maximum absolute atomic E-state index is 14.2. The molecule has 2 aliphatic rings. The van der Waals surface area contributed by atoms with Crippen molar-refractivity contribution < 1.29 is 24.2 Å². The first-order chi connectivity index (χ1) is 19.7. The van der Waals surface area contributed by atoms with Crippen molar-refractivity contribution in [3.8, 4) is 5.75 Å². The van der Waals surface area contributed by atoms with E-state index < -0.39 is 41.2 Å². The van der Waals surface area contributed by atoms with Crippen molar-refractivity contribution in [3.63, 3.8) is 0 Å². The number of aromatic amines is 1. The van der Waals surface area contributed by atoms with E-state index in [1.807, 2.05) is 50.2 Å². The number of fused-ring (bicyclic) bond motifs is 2. The van der Waals surface area contributed by atoms with Gasteiger partial charge in [0, 0.05) is 34.6 Å². The summed E-state index contributed by atoms with van der Waals surface area (Å²) in [6.07, 6.45) is 2.64. The monoisotopic (exact) mass is 571 g/mol. The highest BCUT2D eigenvalue weighted by atomic mass is 35.5. The van der Waals surface area contributed by atoms with Crippen LogP contribution in [0.15, 0.2) is 72.9 Å². The Balaban J connectivity index is 1.47. The Morgan fingerprint density at radius 2 is 1.83 bits per heavy atom. The van der Waals surface area contributed by atoms with Crippen molar-refractivity contribution in [3.05, 3.63) is 94.6 Å². The molecule has 3 N–H and O–H groups in total. The summed E-state index contributed by atoms with van der Waals surface area (Å²) in [5.74, 6) is -3.61. The van der Waals surface area contributed by atoms with Gasteiger partial charge in [-0.3, -0.25) is 19.7 Å². The Morgan fingerprint density at radius 3 is 2.54 bits per heavy atom. The number of para-hydroxylation sites is 1. The number of aryl methyl sites for hydroxylation is 1. The molecular weight excluding hydrogens is 542 g/mol. The Kier molecular flexibility index (Phi) is 6.83. The number of carbonyl (C=O) groups is 3. The molecule has 0 bridgehead atoms. The summed E-state index contributed by atoms with van der Waals surface area (Å²) >= 11 is 6.37. The lowest BCUT2D eigenvalue weighted by Crippen LogP contribution is -2.57. The van der Waals surface area contributed by atoms with Crippen molar-refractivity contribution in [2.75, 3.05) is 11.5 Å². The van der Waals surface area contributed by atoms with Crippen molar-refractivity contribution in [1.29, 1.82) is 0 Å². The lowest BCUT2D eigenvalue weighted by Gasteiger charge is -2.31. The standard InChI is InChI=1S/C32H30ClN3O5/c1-3-14-41-22-12-9-19(10-13-22)28-26-27(30(38)36(29(26)37)21-11-8-18(2)24(33)15-21)32(35-28,31(39)40)16-20-17-34-25-7-5-4-6-23(20)25/h4-13,15,17,26-28,34-35H,3,14,16H2,1-2H3,(H,39,40). The van der Waals surface area contributed by atoms with Crippen LogP contribution in [0.2, 0.25) is 5.02 Å². The zero-order valence-corrected chi connectivity index (χ0v) is 23.4. The molecule has 1 aromatic heterocycles. The average Bonchev–Trinajstić information content (AvgIpc) is 3.61. The largest absolute Gasteiger partial charge is 0.494 e. The van der Waals surface area contributed by atoms with Gasteiger partial charge in [-0.2, -0.15) is 0 Å². The summed E-state index contributed by atoms with van der Waals surface area (Å²) < 4.78 is 5.72. The third-order valence-corrected chi connectivity index (χ3v) is 8.71. The topological polar surface area (TPSA) is 112 Å². The van der Waals surface area contributed by atoms with E-state index in [-0.39, 0.29) is 6.42 Å². The highest BCUT2D eigenvalue weighted by Gasteiger charge is 2.68. The highest BCUT2D eigenvalue weighted by Crippen LogP contribution is 2.51. The van der Waals surface area contributed by atoms with E-state index in [0.717, 1.165) is 33.4 Å². The fourth-order valence-electron chi connectivity index (χ4n) is 6.27. The molecular formula is C32H30ClN3O5. The molecule has 2 amide bonds. The van der Waals surface area contributed by atoms with Crippen LogP contribution in [0.3, 0.4) is 0 Å². The summed E-state index contributed by atoms with van der Waals surface area (Å²) in [5, 5.41) is 15.4. The van der Waals surface area contributed by atoms with Crippen LogP contribution in [-0.2, 0) is 20.8 Å². The maximum Gasteiger partial charge on any atom is 0.325 e. The zero-order chi connectivity index (χ0) is 28.9. The van der Waals surface area contributed by atoms with Crippen LogP contribution in [0.1, 0.15) is 36.1 Å². The predicted octanol–water partition coefficient (Wildman–Crippen LogP) is 5.43. The van der Waals surface area contributed by atoms with Gasteiger partial charge >= 0.3 is 5.97 Å². The molecule has 0 radical (unpaired) electrons. The lowest BCUT2D eigenvalue weighted by atomic mass is 9.76. The molecule has 6 rings (SSSR count). The smallest absolute Gasteiger partial charge is 0.325 e. The van der Waals surface area contributed by atoms with E-state index in [1.54, 1.807) is 36.5 Å². The first kappa shape index (κ1) is 27.1. The number of amides is 2. The van der Waals surface area contributed by atoms with Crippen LogP contribution in [0.25, 0.3) is 10.9 Å². The van der Waals surface area contributed by atoms with Gasteiger partial charge in [0.15, 0.2) is 0 Å². The number of carbonyl (C=O) groups excluding carboxylic acids is 2. The number of H-pyrrole nitrogens is 1. The molecule has 8 nitrogen and oxygen atoms in total. The van der Waals surface area contributed by atoms with Crippen molar-refractivity contribution in [2.45, 2.75) is 38.3 Å². The number of carboxylic acids is 1. The van der Waals surface area contributed by atoms with Gasteiger partial charge in [-0.05, 0) is 60.4 Å². The van der Waals surface area contributed by atoms with Crippen molar-refractivity contribution in [1.82, 2.24) is 10.3 Å². The second kappa shape index (κ2) is 10.4. The van der Waals surface area contributed by atoms with Gasteiger partial charge in [0.05, 0.1) is 24.1 Å². The second-order valence-electron chi connectivity index (χ2n) is 10.8. The Bertz CT molecular complexity index is 1670.